The molecule has 6 heterocycles. The van der Waals surface area contributed by atoms with E-state index in [0.717, 1.165) is 89.0 Å². The second-order valence-corrected chi connectivity index (χ2v) is 27.2. The Bertz CT molecular complexity index is 4530. The zero-order valence-corrected chi connectivity index (χ0v) is 50.7. The molecule has 418 valence electrons. The van der Waals surface area contributed by atoms with Crippen LogP contribution in [0.4, 0.5) is 0 Å². The fourth-order valence-corrected chi connectivity index (χ4v) is 12.4. The third kappa shape index (κ3) is 9.17. The summed E-state index contributed by atoms with van der Waals surface area (Å²) in [5.74, 6) is 1.85. The first kappa shape index (κ1) is 53.5. The van der Waals surface area contributed by atoms with Gasteiger partial charge in [0.2, 0.25) is 0 Å². The lowest BCUT2D eigenvalue weighted by Gasteiger charge is -2.24. The van der Waals surface area contributed by atoms with E-state index < -0.39 is 0 Å². The maximum Gasteiger partial charge on any atom is 0.164 e. The predicted octanol–water partition coefficient (Wildman–Crippen LogP) is 19.8. The van der Waals surface area contributed by atoms with Crippen LogP contribution >= 0.6 is 0 Å². The van der Waals surface area contributed by atoms with E-state index in [1.807, 2.05) is 48.8 Å². The van der Waals surface area contributed by atoms with Crippen LogP contribution < -0.4 is 0 Å². The van der Waals surface area contributed by atoms with Crippen molar-refractivity contribution in [1.29, 1.82) is 0 Å². The van der Waals surface area contributed by atoms with Crippen molar-refractivity contribution in [2.45, 2.75) is 105 Å². The lowest BCUT2D eigenvalue weighted by Crippen LogP contribution is -2.12. The Morgan fingerprint density at radius 2 is 0.588 bits per heavy atom. The first-order valence-electron chi connectivity index (χ1n) is 29.7. The van der Waals surface area contributed by atoms with Gasteiger partial charge in [0.05, 0.1) is 50.2 Å². The van der Waals surface area contributed by atoms with Crippen LogP contribution in [0.3, 0.4) is 0 Å². The van der Waals surface area contributed by atoms with E-state index in [1.165, 1.54) is 43.8 Å². The van der Waals surface area contributed by atoms with Gasteiger partial charge in [-0.15, -0.1) is 0 Å². The van der Waals surface area contributed by atoms with E-state index in [4.69, 9.17) is 24.9 Å². The van der Waals surface area contributed by atoms with Crippen LogP contribution in [0.2, 0.25) is 0 Å². The summed E-state index contributed by atoms with van der Waals surface area (Å²) in [6.45, 7) is 27.7. The molecule has 0 aliphatic carbocycles. The van der Waals surface area contributed by atoms with Crippen molar-refractivity contribution < 1.29 is 0 Å². The lowest BCUT2D eigenvalue weighted by atomic mass is 9.85. The van der Waals surface area contributed by atoms with Crippen LogP contribution in [0.1, 0.15) is 105 Å². The molecule has 0 spiro atoms. The van der Waals surface area contributed by atoms with Gasteiger partial charge in [-0.3, -0.25) is 9.97 Å². The van der Waals surface area contributed by atoms with Gasteiger partial charge in [-0.1, -0.05) is 192 Å². The molecule has 0 bridgehead atoms. The summed E-state index contributed by atoms with van der Waals surface area (Å²) in [6, 6.07) is 71.0. The smallest absolute Gasteiger partial charge is 0.164 e. The Kier molecular flexibility index (Phi) is 12.3. The third-order valence-corrected chi connectivity index (χ3v) is 17.2. The van der Waals surface area contributed by atoms with Crippen LogP contribution in [0.25, 0.3) is 128 Å². The molecule has 14 aromatic rings. The standard InChI is InChI=1S/C77H70N8/c1-74(2,3)52-31-35-60-56(43-52)57-44-53(75(4,5)6)32-36-61(57)83(60)66-41-51(47-27-29-50(30-28-47)73-81-71(48-21-15-13-16-22-48)80-72(82-73)49-23-17-14-18-24-49)42-67(70(66)85-64-25-19-39-78-68(64)69-65(85)26-20-40-79-69)84-62-37-33-54(76(7,8)9)45-58(62)59-46-55(77(10,11)12)34-38-63(59)84/h13-46H,1-12H3. The molecule has 0 saturated heterocycles. The van der Waals surface area contributed by atoms with Crippen molar-refractivity contribution >= 4 is 65.7 Å². The largest absolute Gasteiger partial charge is 0.307 e. The zero-order valence-electron chi connectivity index (χ0n) is 50.7. The van der Waals surface area contributed by atoms with Gasteiger partial charge < -0.3 is 13.7 Å². The van der Waals surface area contributed by atoms with E-state index in [1.54, 1.807) is 0 Å². The number of aromatic nitrogens is 8. The van der Waals surface area contributed by atoms with Gasteiger partial charge >= 0.3 is 0 Å². The van der Waals surface area contributed by atoms with E-state index in [-0.39, 0.29) is 21.7 Å². The van der Waals surface area contributed by atoms with Gasteiger partial charge in [-0.25, -0.2) is 15.0 Å². The molecule has 8 aromatic carbocycles. The second kappa shape index (κ2) is 19.5. The molecule has 0 saturated carbocycles. The minimum Gasteiger partial charge on any atom is -0.307 e. The normalized spacial score (nSPS) is 12.7. The van der Waals surface area contributed by atoms with Gasteiger partial charge in [0.1, 0.15) is 11.0 Å². The molecule has 0 amide bonds. The molecule has 8 heteroatoms. The van der Waals surface area contributed by atoms with Gasteiger partial charge in [-0.2, -0.15) is 0 Å². The van der Waals surface area contributed by atoms with E-state index in [0.29, 0.717) is 17.5 Å². The summed E-state index contributed by atoms with van der Waals surface area (Å²) < 4.78 is 7.51. The summed E-state index contributed by atoms with van der Waals surface area (Å²) in [5, 5.41) is 4.85. The van der Waals surface area contributed by atoms with E-state index in [9.17, 15) is 0 Å². The number of rotatable bonds is 7. The van der Waals surface area contributed by atoms with Crippen molar-refractivity contribution in [1.82, 2.24) is 38.6 Å². The SMILES string of the molecule is CC(C)(C)c1ccc2c(c1)c1cc(C(C)(C)C)ccc1n2-c1cc(-c2ccc(-c3nc(-c4ccccc4)nc(-c4ccccc4)n3)cc2)cc(-n2c3ccc(C(C)(C)C)cc3c3cc(C(C)(C)C)ccc32)c1-n1c2cccnc2c2ncccc21. The van der Waals surface area contributed by atoms with Gasteiger partial charge in [0.15, 0.2) is 17.5 Å². The highest BCUT2D eigenvalue weighted by Crippen LogP contribution is 2.47. The topological polar surface area (TPSA) is 79.2 Å². The molecule has 0 unspecified atom stereocenters. The Labute approximate surface area is 497 Å². The second-order valence-electron chi connectivity index (χ2n) is 27.2. The lowest BCUT2D eigenvalue weighted by molar-refractivity contribution is 0.590. The molecule has 0 aliphatic rings. The van der Waals surface area contributed by atoms with Gasteiger partial charge in [0, 0.05) is 50.6 Å². The molecule has 8 nitrogen and oxygen atoms in total. The average Bonchev–Trinajstić information content (AvgIpc) is 1.69. The molecule has 6 aromatic heterocycles. The summed E-state index contributed by atoms with van der Waals surface area (Å²) in [5.41, 5.74) is 20.8. The molecule has 0 atom stereocenters. The summed E-state index contributed by atoms with van der Waals surface area (Å²) >= 11 is 0. The molecule has 0 fully saturated rings. The minimum absolute atomic E-state index is 0.0819. The summed E-state index contributed by atoms with van der Waals surface area (Å²) in [6.07, 6.45) is 3.77. The first-order chi connectivity index (χ1) is 40.7. The number of pyridine rings is 2. The predicted molar refractivity (Wildman–Crippen MR) is 355 cm³/mol. The number of fused-ring (bicyclic) bond motifs is 9. The van der Waals surface area contributed by atoms with E-state index >= 15 is 0 Å². The molecular weight excluding hydrogens is 1040 g/mol. The Balaban J connectivity index is 1.13. The zero-order chi connectivity index (χ0) is 58.9. The fourth-order valence-electron chi connectivity index (χ4n) is 12.4. The van der Waals surface area contributed by atoms with Gasteiger partial charge in [-0.05, 0) is 140 Å². The van der Waals surface area contributed by atoms with E-state index in [2.05, 4.69) is 255 Å². The Hall–Kier alpha value is -9.53. The van der Waals surface area contributed by atoms with Crippen molar-refractivity contribution in [2.75, 3.05) is 0 Å². The van der Waals surface area contributed by atoms with Crippen LogP contribution in [0.15, 0.2) is 207 Å². The number of nitrogens with zero attached hydrogens (tertiary/aromatic N) is 8. The molecule has 0 aliphatic heterocycles. The monoisotopic (exact) mass is 1110 g/mol. The molecular formula is C77H70N8. The van der Waals surface area contributed by atoms with Crippen molar-refractivity contribution in [3.05, 3.63) is 229 Å². The van der Waals surface area contributed by atoms with Crippen LogP contribution in [0, 0.1) is 0 Å². The maximum atomic E-state index is 5.15. The van der Waals surface area contributed by atoms with Crippen LogP contribution in [-0.4, -0.2) is 38.6 Å². The van der Waals surface area contributed by atoms with Crippen LogP contribution in [-0.2, 0) is 21.7 Å². The van der Waals surface area contributed by atoms with Gasteiger partial charge in [0.25, 0.3) is 0 Å². The average molecular weight is 1110 g/mol. The quantitative estimate of drug-likeness (QED) is 0.159. The highest BCUT2D eigenvalue weighted by atomic mass is 15.1. The van der Waals surface area contributed by atoms with Crippen molar-refractivity contribution in [3.8, 4) is 62.4 Å². The Morgan fingerprint density at radius 3 is 0.918 bits per heavy atom. The third-order valence-electron chi connectivity index (χ3n) is 17.2. The minimum atomic E-state index is -0.0819. The summed E-state index contributed by atoms with van der Waals surface area (Å²) in [7, 11) is 0. The number of hydrogen-bond donors (Lipinski definition) is 0. The molecule has 0 N–H and O–H groups in total. The first-order valence-corrected chi connectivity index (χ1v) is 29.7. The molecule has 14 rings (SSSR count). The van der Waals surface area contributed by atoms with Crippen molar-refractivity contribution in [3.63, 3.8) is 0 Å². The highest BCUT2D eigenvalue weighted by Gasteiger charge is 2.30. The molecule has 85 heavy (non-hydrogen) atoms. The Morgan fingerprint density at radius 1 is 0.271 bits per heavy atom. The number of benzene rings is 8. The molecule has 0 radical (unpaired) electrons. The van der Waals surface area contributed by atoms with Crippen LogP contribution in [0.5, 0.6) is 0 Å². The van der Waals surface area contributed by atoms with Crippen molar-refractivity contribution in [2.24, 2.45) is 0 Å². The number of hydrogen-bond acceptors (Lipinski definition) is 5. The highest BCUT2D eigenvalue weighted by molar-refractivity contribution is 6.13. The summed E-state index contributed by atoms with van der Waals surface area (Å²) in [4.78, 5) is 25.5. The fraction of sp³-hybridized carbons (Fsp3) is 0.208. The maximum absolute atomic E-state index is 5.15.